The van der Waals surface area contributed by atoms with E-state index >= 15 is 0 Å². The third-order valence-electron chi connectivity index (χ3n) is 4.57. The third-order valence-corrected chi connectivity index (χ3v) is 6.11. The highest BCUT2D eigenvalue weighted by Crippen LogP contribution is 2.22. The Morgan fingerprint density at radius 1 is 1.07 bits per heavy atom. The molecule has 0 saturated heterocycles. The first kappa shape index (κ1) is 20.5. The van der Waals surface area contributed by atoms with Gasteiger partial charge < -0.3 is 9.88 Å². The molecule has 3 aromatic rings. The summed E-state index contributed by atoms with van der Waals surface area (Å²) in [4.78, 5) is 14.7. The number of carbonyl (C=O) groups is 1. The highest BCUT2D eigenvalue weighted by molar-refractivity contribution is 7.99. The number of rotatable bonds is 11. The second-order valence-corrected chi connectivity index (χ2v) is 8.47. The summed E-state index contributed by atoms with van der Waals surface area (Å²) in [7, 11) is 0. The number of imidazole rings is 1. The van der Waals surface area contributed by atoms with Crippen LogP contribution in [0.3, 0.4) is 0 Å². The molecule has 0 bridgehead atoms. The molecule has 0 radical (unpaired) electrons. The van der Waals surface area contributed by atoms with Gasteiger partial charge in [-0.1, -0.05) is 35.9 Å². The monoisotopic (exact) mass is 413 g/mol. The van der Waals surface area contributed by atoms with Crippen LogP contribution in [0.2, 0.25) is 5.02 Å². The number of amides is 1. The second-order valence-electron chi connectivity index (χ2n) is 6.63. The zero-order valence-corrected chi connectivity index (χ0v) is 17.2. The Hall–Kier alpha value is -2.24. The van der Waals surface area contributed by atoms with E-state index in [9.17, 15) is 4.79 Å². The van der Waals surface area contributed by atoms with Crippen molar-refractivity contribution >= 4 is 35.5 Å². The molecule has 2 aromatic carbocycles. The van der Waals surface area contributed by atoms with Crippen LogP contribution in [0, 0.1) is 0 Å². The van der Waals surface area contributed by atoms with Crippen LogP contribution >= 0.6 is 23.4 Å². The van der Waals surface area contributed by atoms with E-state index in [2.05, 4.69) is 39.1 Å². The number of aromatic nitrogens is 2. The molecule has 3 rings (SSSR count). The SMILES string of the molecule is O=CNc1ccc(CCSC(CCc2ccc(Cl)cc2)Cn2ccnc2)cc1. The van der Waals surface area contributed by atoms with Crippen molar-refractivity contribution in [3.8, 4) is 0 Å². The van der Waals surface area contributed by atoms with Crippen LogP contribution in [0.15, 0.2) is 67.3 Å². The number of benzene rings is 2. The number of halogens is 1. The van der Waals surface area contributed by atoms with Gasteiger partial charge in [0.05, 0.1) is 6.33 Å². The lowest BCUT2D eigenvalue weighted by Crippen LogP contribution is -2.14. The van der Waals surface area contributed by atoms with Gasteiger partial charge in [-0.2, -0.15) is 11.8 Å². The Balaban J connectivity index is 1.52. The van der Waals surface area contributed by atoms with Gasteiger partial charge in [-0.15, -0.1) is 0 Å². The molecule has 146 valence electrons. The largest absolute Gasteiger partial charge is 0.336 e. The van der Waals surface area contributed by atoms with Gasteiger partial charge in [-0.25, -0.2) is 4.98 Å². The molecule has 1 heterocycles. The molecule has 28 heavy (non-hydrogen) atoms. The summed E-state index contributed by atoms with van der Waals surface area (Å²) in [6, 6.07) is 16.2. The van der Waals surface area contributed by atoms with Crippen molar-refractivity contribution in [1.29, 1.82) is 0 Å². The molecule has 1 atom stereocenters. The van der Waals surface area contributed by atoms with E-state index in [0.29, 0.717) is 11.7 Å². The van der Waals surface area contributed by atoms with Crippen LogP contribution < -0.4 is 5.32 Å². The van der Waals surface area contributed by atoms with Crippen molar-refractivity contribution in [2.75, 3.05) is 11.1 Å². The second kappa shape index (κ2) is 10.9. The zero-order chi connectivity index (χ0) is 19.6. The fourth-order valence-corrected chi connectivity index (χ4v) is 4.39. The Morgan fingerprint density at radius 2 is 1.79 bits per heavy atom. The Kier molecular flexibility index (Phi) is 8.00. The maximum atomic E-state index is 10.5. The van der Waals surface area contributed by atoms with Gasteiger partial charge in [0.2, 0.25) is 6.41 Å². The summed E-state index contributed by atoms with van der Waals surface area (Å²) in [5, 5.41) is 3.96. The molecule has 0 saturated carbocycles. The van der Waals surface area contributed by atoms with E-state index < -0.39 is 0 Å². The lowest BCUT2D eigenvalue weighted by Gasteiger charge is -2.17. The maximum Gasteiger partial charge on any atom is 0.211 e. The Morgan fingerprint density at radius 3 is 2.46 bits per heavy atom. The molecular weight excluding hydrogens is 390 g/mol. The van der Waals surface area contributed by atoms with Crippen LogP contribution in [0.5, 0.6) is 0 Å². The van der Waals surface area contributed by atoms with Crippen LogP contribution in [-0.4, -0.2) is 27.0 Å². The summed E-state index contributed by atoms with van der Waals surface area (Å²) < 4.78 is 2.15. The highest BCUT2D eigenvalue weighted by Gasteiger charge is 2.11. The standard InChI is InChI=1S/C22H24ClN3OS/c23-20-6-1-18(2-7-20)5-10-22(15-26-13-12-24-16-26)28-14-11-19-3-8-21(9-4-19)25-17-27/h1-4,6-9,12-13,16-17,22H,5,10-11,14-15H2,(H,25,27). The number of hydrogen-bond donors (Lipinski definition) is 1. The minimum Gasteiger partial charge on any atom is -0.336 e. The molecule has 6 heteroatoms. The van der Waals surface area contributed by atoms with E-state index in [0.717, 1.165) is 42.3 Å². The summed E-state index contributed by atoms with van der Waals surface area (Å²) in [6.07, 6.45) is 9.58. The quantitative estimate of drug-likeness (QED) is 0.446. The number of nitrogens with zero attached hydrogens (tertiary/aromatic N) is 2. The maximum absolute atomic E-state index is 10.5. The topological polar surface area (TPSA) is 46.9 Å². The first-order valence-corrected chi connectivity index (χ1v) is 10.8. The molecule has 0 fully saturated rings. The van der Waals surface area contributed by atoms with Crippen molar-refractivity contribution in [3.63, 3.8) is 0 Å². The molecule has 0 aliphatic heterocycles. The average molecular weight is 414 g/mol. The minimum atomic E-state index is 0.515. The number of anilines is 1. The molecule has 4 nitrogen and oxygen atoms in total. The normalized spacial score (nSPS) is 11.9. The van der Waals surface area contributed by atoms with E-state index in [1.165, 1.54) is 11.1 Å². The van der Waals surface area contributed by atoms with E-state index in [1.54, 1.807) is 0 Å². The summed E-state index contributed by atoms with van der Waals surface area (Å²) >= 11 is 7.99. The first-order chi connectivity index (χ1) is 13.7. The van der Waals surface area contributed by atoms with Crippen molar-refractivity contribution in [1.82, 2.24) is 9.55 Å². The van der Waals surface area contributed by atoms with Gasteiger partial charge >= 0.3 is 0 Å². The average Bonchev–Trinajstić information content (AvgIpc) is 3.22. The number of aryl methyl sites for hydroxylation is 2. The van der Waals surface area contributed by atoms with Crippen LogP contribution in [0.25, 0.3) is 0 Å². The third kappa shape index (κ3) is 6.73. The number of thioether (sulfide) groups is 1. The van der Waals surface area contributed by atoms with Gasteiger partial charge in [0.25, 0.3) is 0 Å². The molecule has 0 spiro atoms. The van der Waals surface area contributed by atoms with Crippen molar-refractivity contribution < 1.29 is 4.79 Å². The number of hydrogen-bond acceptors (Lipinski definition) is 3. The van der Waals surface area contributed by atoms with Crippen molar-refractivity contribution in [2.45, 2.75) is 31.1 Å². The van der Waals surface area contributed by atoms with Gasteiger partial charge in [0.15, 0.2) is 0 Å². The summed E-state index contributed by atoms with van der Waals surface area (Å²) in [6.45, 7) is 0.959. The number of carbonyl (C=O) groups excluding carboxylic acids is 1. The van der Waals surface area contributed by atoms with Gasteiger partial charge in [0, 0.05) is 34.9 Å². The van der Waals surface area contributed by atoms with Crippen molar-refractivity contribution in [3.05, 3.63) is 83.4 Å². The Labute approximate surface area is 175 Å². The minimum absolute atomic E-state index is 0.515. The summed E-state index contributed by atoms with van der Waals surface area (Å²) in [5.41, 5.74) is 3.43. The Bertz CT molecular complexity index is 835. The molecule has 1 aromatic heterocycles. The lowest BCUT2D eigenvalue weighted by atomic mass is 10.1. The lowest BCUT2D eigenvalue weighted by molar-refractivity contribution is -0.105. The molecule has 0 aliphatic rings. The van der Waals surface area contributed by atoms with Crippen LogP contribution in [0.4, 0.5) is 5.69 Å². The van der Waals surface area contributed by atoms with Gasteiger partial charge in [-0.3, -0.25) is 4.79 Å². The molecule has 0 aliphatic carbocycles. The van der Waals surface area contributed by atoms with Crippen LogP contribution in [0.1, 0.15) is 17.5 Å². The predicted octanol–water partition coefficient (Wildman–Crippen LogP) is 5.08. The predicted molar refractivity (Wildman–Crippen MR) is 118 cm³/mol. The number of nitrogens with one attached hydrogen (secondary N) is 1. The van der Waals surface area contributed by atoms with E-state index in [-0.39, 0.29) is 0 Å². The first-order valence-electron chi connectivity index (χ1n) is 9.34. The zero-order valence-electron chi connectivity index (χ0n) is 15.6. The fraction of sp³-hybridized carbons (Fsp3) is 0.273. The molecule has 1 unspecified atom stereocenters. The van der Waals surface area contributed by atoms with E-state index in [1.807, 2.05) is 54.7 Å². The van der Waals surface area contributed by atoms with Crippen molar-refractivity contribution in [2.24, 2.45) is 0 Å². The molecule has 1 N–H and O–H groups in total. The fourth-order valence-electron chi connectivity index (χ4n) is 3.02. The van der Waals surface area contributed by atoms with E-state index in [4.69, 9.17) is 11.6 Å². The molecular formula is C22H24ClN3OS. The smallest absolute Gasteiger partial charge is 0.211 e. The highest BCUT2D eigenvalue weighted by atomic mass is 35.5. The summed E-state index contributed by atoms with van der Waals surface area (Å²) in [5.74, 6) is 1.06. The van der Waals surface area contributed by atoms with Gasteiger partial charge in [-0.05, 0) is 60.4 Å². The van der Waals surface area contributed by atoms with Crippen LogP contribution in [-0.2, 0) is 24.2 Å². The molecule has 1 amide bonds. The van der Waals surface area contributed by atoms with Gasteiger partial charge in [0.1, 0.15) is 0 Å².